The third kappa shape index (κ3) is 2.53. The van der Waals surface area contributed by atoms with E-state index in [2.05, 4.69) is 35.9 Å². The Morgan fingerprint density at radius 2 is 1.95 bits per heavy atom. The maximum Gasteiger partial charge on any atom is 0.161 e. The van der Waals surface area contributed by atoms with Crippen molar-refractivity contribution in [3.8, 4) is 11.4 Å². The third-order valence-electron chi connectivity index (χ3n) is 4.04. The van der Waals surface area contributed by atoms with Gasteiger partial charge in [0.25, 0.3) is 0 Å². The van der Waals surface area contributed by atoms with E-state index in [9.17, 15) is 0 Å². The van der Waals surface area contributed by atoms with Crippen LogP contribution in [0.4, 0.5) is 5.82 Å². The van der Waals surface area contributed by atoms with Crippen molar-refractivity contribution in [1.29, 1.82) is 0 Å². The van der Waals surface area contributed by atoms with E-state index in [0.29, 0.717) is 12.0 Å². The van der Waals surface area contributed by atoms with Crippen molar-refractivity contribution < 1.29 is 0 Å². The van der Waals surface area contributed by atoms with Crippen molar-refractivity contribution >= 4 is 5.82 Å². The predicted octanol–water partition coefficient (Wildman–Crippen LogP) is 3.77. The van der Waals surface area contributed by atoms with E-state index in [0.717, 1.165) is 23.8 Å². The van der Waals surface area contributed by atoms with Crippen LogP contribution in [-0.4, -0.2) is 22.6 Å². The minimum absolute atomic E-state index is 0.605. The first-order chi connectivity index (χ1) is 9.75. The molecular weight excluding hydrogens is 246 g/mol. The molecule has 0 N–H and O–H groups in total. The van der Waals surface area contributed by atoms with E-state index in [1.807, 2.05) is 30.5 Å². The minimum atomic E-state index is 0.605. The molecule has 2 aromatic rings. The Balaban J connectivity index is 1.92. The first-order valence-electron chi connectivity index (χ1n) is 7.41. The summed E-state index contributed by atoms with van der Waals surface area (Å²) in [7, 11) is 0. The zero-order valence-corrected chi connectivity index (χ0v) is 12.2. The van der Waals surface area contributed by atoms with Gasteiger partial charge in [-0.25, -0.2) is 9.97 Å². The van der Waals surface area contributed by atoms with Crippen LogP contribution in [0.2, 0.25) is 0 Å². The smallest absolute Gasteiger partial charge is 0.161 e. The highest BCUT2D eigenvalue weighted by Crippen LogP contribution is 2.29. The highest BCUT2D eigenvalue weighted by Gasteiger charge is 2.28. The Hall–Kier alpha value is -1.90. The van der Waals surface area contributed by atoms with Crippen LogP contribution in [-0.2, 0) is 0 Å². The standard InChI is InChI=1S/C17H21N3/c1-13(2)15-9-6-12-20(15)16-10-11-18-17(19-16)14-7-4-3-5-8-14/h3-5,7-8,10-11,13,15H,6,9,12H2,1-2H3/t15-/m0/s1. The van der Waals surface area contributed by atoms with Crippen molar-refractivity contribution in [3.63, 3.8) is 0 Å². The first kappa shape index (κ1) is 13.1. The summed E-state index contributed by atoms with van der Waals surface area (Å²) in [5, 5.41) is 0. The van der Waals surface area contributed by atoms with Crippen LogP contribution >= 0.6 is 0 Å². The summed E-state index contributed by atoms with van der Waals surface area (Å²) in [5.74, 6) is 2.54. The van der Waals surface area contributed by atoms with Crippen LogP contribution in [0, 0.1) is 5.92 Å². The van der Waals surface area contributed by atoms with Gasteiger partial charge in [-0.3, -0.25) is 0 Å². The van der Waals surface area contributed by atoms with E-state index in [4.69, 9.17) is 4.98 Å². The zero-order valence-electron chi connectivity index (χ0n) is 12.2. The Kier molecular flexibility index (Phi) is 3.68. The number of hydrogen-bond acceptors (Lipinski definition) is 3. The van der Waals surface area contributed by atoms with E-state index in [1.54, 1.807) is 0 Å². The summed E-state index contributed by atoms with van der Waals surface area (Å²) in [6, 6.07) is 12.8. The summed E-state index contributed by atoms with van der Waals surface area (Å²) < 4.78 is 0. The molecular formula is C17H21N3. The number of anilines is 1. The predicted molar refractivity (Wildman–Crippen MR) is 82.7 cm³/mol. The number of nitrogens with zero attached hydrogens (tertiary/aromatic N) is 3. The fourth-order valence-corrected chi connectivity index (χ4v) is 3.01. The maximum atomic E-state index is 4.77. The number of aromatic nitrogens is 2. The molecule has 0 bridgehead atoms. The molecule has 1 aliphatic heterocycles. The van der Waals surface area contributed by atoms with Crippen LogP contribution in [0.15, 0.2) is 42.6 Å². The van der Waals surface area contributed by atoms with Crippen molar-refractivity contribution in [2.45, 2.75) is 32.7 Å². The lowest BCUT2D eigenvalue weighted by Crippen LogP contribution is -2.34. The second-order valence-corrected chi connectivity index (χ2v) is 5.75. The molecule has 1 aromatic heterocycles. The number of hydrogen-bond donors (Lipinski definition) is 0. The normalized spacial score (nSPS) is 18.8. The summed E-state index contributed by atoms with van der Waals surface area (Å²) >= 11 is 0. The lowest BCUT2D eigenvalue weighted by Gasteiger charge is -2.28. The Morgan fingerprint density at radius 3 is 2.70 bits per heavy atom. The van der Waals surface area contributed by atoms with Gasteiger partial charge in [0.05, 0.1) is 0 Å². The average Bonchev–Trinajstić information content (AvgIpc) is 2.98. The molecule has 1 aromatic carbocycles. The summed E-state index contributed by atoms with van der Waals surface area (Å²) in [5.41, 5.74) is 1.08. The van der Waals surface area contributed by atoms with Crippen molar-refractivity contribution in [2.75, 3.05) is 11.4 Å². The van der Waals surface area contributed by atoms with Crippen LogP contribution < -0.4 is 4.90 Å². The summed E-state index contributed by atoms with van der Waals surface area (Å²) in [6.45, 7) is 5.69. The molecule has 1 fully saturated rings. The lowest BCUT2D eigenvalue weighted by atomic mass is 10.0. The van der Waals surface area contributed by atoms with Crippen LogP contribution in [0.3, 0.4) is 0 Å². The highest BCUT2D eigenvalue weighted by molar-refractivity contribution is 5.57. The molecule has 0 unspecified atom stereocenters. The molecule has 3 rings (SSSR count). The molecule has 104 valence electrons. The van der Waals surface area contributed by atoms with Gasteiger partial charge in [0.1, 0.15) is 5.82 Å². The molecule has 3 nitrogen and oxygen atoms in total. The van der Waals surface area contributed by atoms with Gasteiger partial charge < -0.3 is 4.90 Å². The van der Waals surface area contributed by atoms with Gasteiger partial charge in [0.15, 0.2) is 5.82 Å². The molecule has 3 heteroatoms. The molecule has 0 saturated carbocycles. The fourth-order valence-electron chi connectivity index (χ4n) is 3.01. The van der Waals surface area contributed by atoms with Gasteiger partial charge in [0, 0.05) is 24.3 Å². The van der Waals surface area contributed by atoms with Gasteiger partial charge >= 0.3 is 0 Å². The van der Waals surface area contributed by atoms with Crippen molar-refractivity contribution in [1.82, 2.24) is 9.97 Å². The van der Waals surface area contributed by atoms with Gasteiger partial charge in [-0.05, 0) is 24.8 Å². The fraction of sp³-hybridized carbons (Fsp3) is 0.412. The lowest BCUT2D eigenvalue weighted by molar-refractivity contribution is 0.489. The highest BCUT2D eigenvalue weighted by atomic mass is 15.2. The van der Waals surface area contributed by atoms with Gasteiger partial charge in [0.2, 0.25) is 0 Å². The SMILES string of the molecule is CC(C)[C@@H]1CCCN1c1ccnc(-c2ccccc2)n1. The zero-order chi connectivity index (χ0) is 13.9. The van der Waals surface area contributed by atoms with Crippen LogP contribution in [0.5, 0.6) is 0 Å². The van der Waals surface area contributed by atoms with E-state index < -0.39 is 0 Å². The summed E-state index contributed by atoms with van der Waals surface area (Å²) in [6.07, 6.45) is 4.40. The third-order valence-corrected chi connectivity index (χ3v) is 4.04. The van der Waals surface area contributed by atoms with Gasteiger partial charge in [-0.15, -0.1) is 0 Å². The van der Waals surface area contributed by atoms with Crippen LogP contribution in [0.25, 0.3) is 11.4 Å². The summed E-state index contributed by atoms with van der Waals surface area (Å²) in [4.78, 5) is 11.6. The first-order valence-corrected chi connectivity index (χ1v) is 7.41. The minimum Gasteiger partial charge on any atom is -0.353 e. The molecule has 0 spiro atoms. The molecule has 2 heterocycles. The van der Waals surface area contributed by atoms with Crippen molar-refractivity contribution in [2.24, 2.45) is 5.92 Å². The maximum absolute atomic E-state index is 4.77. The largest absolute Gasteiger partial charge is 0.353 e. The molecule has 20 heavy (non-hydrogen) atoms. The second-order valence-electron chi connectivity index (χ2n) is 5.75. The average molecular weight is 267 g/mol. The van der Waals surface area contributed by atoms with Gasteiger partial charge in [-0.1, -0.05) is 44.2 Å². The topological polar surface area (TPSA) is 29.0 Å². The Morgan fingerprint density at radius 1 is 1.15 bits per heavy atom. The van der Waals surface area contributed by atoms with Gasteiger partial charge in [-0.2, -0.15) is 0 Å². The van der Waals surface area contributed by atoms with Crippen molar-refractivity contribution in [3.05, 3.63) is 42.6 Å². The molecule has 0 aliphatic carbocycles. The van der Waals surface area contributed by atoms with E-state index in [1.165, 1.54) is 12.8 Å². The molecule has 1 aliphatic rings. The van der Waals surface area contributed by atoms with E-state index >= 15 is 0 Å². The second kappa shape index (κ2) is 5.61. The van der Waals surface area contributed by atoms with E-state index in [-0.39, 0.29) is 0 Å². The Labute approximate surface area is 120 Å². The molecule has 1 atom stereocenters. The Bertz CT molecular complexity index is 565. The number of benzene rings is 1. The number of rotatable bonds is 3. The molecule has 0 radical (unpaired) electrons. The van der Waals surface area contributed by atoms with Crippen LogP contribution in [0.1, 0.15) is 26.7 Å². The molecule has 0 amide bonds. The quantitative estimate of drug-likeness (QED) is 0.847. The monoisotopic (exact) mass is 267 g/mol. The molecule has 1 saturated heterocycles.